The first-order chi connectivity index (χ1) is 16.0. The predicted octanol–water partition coefficient (Wildman–Crippen LogP) is 6.27. The van der Waals surface area contributed by atoms with E-state index in [4.69, 9.17) is 32.0 Å². The summed E-state index contributed by atoms with van der Waals surface area (Å²) in [6, 6.07) is 19.2. The summed E-state index contributed by atoms with van der Waals surface area (Å²) in [6.07, 6.45) is 2.93. The summed E-state index contributed by atoms with van der Waals surface area (Å²) in [7, 11) is 0. The van der Waals surface area contributed by atoms with Crippen molar-refractivity contribution < 1.29 is 13.6 Å². The molecule has 2 heterocycles. The zero-order valence-electron chi connectivity index (χ0n) is 18.0. The second-order valence-electron chi connectivity index (χ2n) is 7.62. The molecule has 1 N–H and O–H groups in total. The van der Waals surface area contributed by atoms with Crippen LogP contribution in [0.15, 0.2) is 82.0 Å². The maximum Gasteiger partial charge on any atom is 0.273 e. The number of nitrogens with one attached hydrogen (secondary N) is 1. The lowest BCUT2D eigenvalue weighted by Crippen LogP contribution is -2.27. The van der Waals surface area contributed by atoms with Crippen molar-refractivity contribution in [3.63, 3.8) is 0 Å². The first-order valence-corrected chi connectivity index (χ1v) is 11.2. The number of amides is 1. The molecule has 4 aromatic rings. The molecule has 0 aliphatic carbocycles. The second-order valence-corrected chi connectivity index (χ2v) is 8.46. The van der Waals surface area contributed by atoms with Crippen molar-refractivity contribution in [2.24, 2.45) is 0 Å². The van der Waals surface area contributed by atoms with Gasteiger partial charge in [0.05, 0.1) is 19.4 Å². The van der Waals surface area contributed by atoms with Gasteiger partial charge in [0.25, 0.3) is 5.91 Å². The highest BCUT2D eigenvalue weighted by molar-refractivity contribution is 6.35. The molecule has 0 fully saturated rings. The van der Waals surface area contributed by atoms with Gasteiger partial charge in [-0.2, -0.15) is 0 Å². The average molecular weight is 484 g/mol. The van der Waals surface area contributed by atoms with Gasteiger partial charge < -0.3 is 14.2 Å². The summed E-state index contributed by atoms with van der Waals surface area (Å²) in [4.78, 5) is 19.0. The predicted molar refractivity (Wildman–Crippen MR) is 127 cm³/mol. The third kappa shape index (κ3) is 6.05. The number of carbonyl (C=O) groups excluding carboxylic acids is 1. The number of halogens is 2. The summed E-state index contributed by atoms with van der Waals surface area (Å²) in [6.45, 7) is 3.33. The van der Waals surface area contributed by atoms with E-state index >= 15 is 0 Å². The SMILES string of the molecule is C[C@H](c1ccccc1)N(Cc1nc(C(=O)NCc2ccco2)co1)Cc1ccc(Cl)cc1Cl. The number of oxazole rings is 1. The fourth-order valence-electron chi connectivity index (χ4n) is 3.47. The first kappa shape index (κ1) is 23.1. The van der Waals surface area contributed by atoms with Crippen molar-refractivity contribution in [1.29, 1.82) is 0 Å². The number of nitrogens with zero attached hydrogens (tertiary/aromatic N) is 2. The number of benzene rings is 2. The third-order valence-corrected chi connectivity index (χ3v) is 5.93. The van der Waals surface area contributed by atoms with Crippen LogP contribution in [0.2, 0.25) is 10.0 Å². The Bertz CT molecular complexity index is 1190. The van der Waals surface area contributed by atoms with E-state index in [-0.39, 0.29) is 24.2 Å². The Morgan fingerprint density at radius 3 is 2.61 bits per heavy atom. The standard InChI is InChI=1S/C25H23Cl2N3O3/c1-17(18-6-3-2-4-7-18)30(14-19-9-10-20(26)12-22(19)27)15-24-29-23(16-33-24)25(31)28-13-21-8-5-11-32-21/h2-12,16-17H,13-15H2,1H3,(H,28,31)/t17-/m1/s1. The van der Waals surface area contributed by atoms with Gasteiger partial charge in [0.1, 0.15) is 12.0 Å². The van der Waals surface area contributed by atoms with Gasteiger partial charge in [-0.3, -0.25) is 9.69 Å². The zero-order chi connectivity index (χ0) is 23.2. The molecule has 6 nitrogen and oxygen atoms in total. The average Bonchev–Trinajstić information content (AvgIpc) is 3.51. The van der Waals surface area contributed by atoms with Crippen LogP contribution in [0.3, 0.4) is 0 Å². The molecule has 170 valence electrons. The van der Waals surface area contributed by atoms with Crippen LogP contribution in [0, 0.1) is 0 Å². The van der Waals surface area contributed by atoms with Gasteiger partial charge in [-0.05, 0) is 42.3 Å². The Balaban J connectivity index is 1.50. The van der Waals surface area contributed by atoms with E-state index < -0.39 is 0 Å². The van der Waals surface area contributed by atoms with Gasteiger partial charge in [0.2, 0.25) is 5.89 Å². The van der Waals surface area contributed by atoms with Crippen molar-refractivity contribution in [1.82, 2.24) is 15.2 Å². The van der Waals surface area contributed by atoms with E-state index in [0.717, 1.165) is 11.1 Å². The minimum Gasteiger partial charge on any atom is -0.467 e. The van der Waals surface area contributed by atoms with Gasteiger partial charge in [-0.25, -0.2) is 4.98 Å². The lowest BCUT2D eigenvalue weighted by molar-refractivity contribution is 0.0943. The zero-order valence-corrected chi connectivity index (χ0v) is 19.5. The molecule has 2 aromatic heterocycles. The summed E-state index contributed by atoms with van der Waals surface area (Å²) in [5.41, 5.74) is 2.30. The highest BCUT2D eigenvalue weighted by Gasteiger charge is 2.21. The van der Waals surface area contributed by atoms with E-state index in [0.29, 0.717) is 34.8 Å². The van der Waals surface area contributed by atoms with Crippen LogP contribution in [0.4, 0.5) is 0 Å². The van der Waals surface area contributed by atoms with E-state index in [1.54, 1.807) is 24.5 Å². The minimum atomic E-state index is -0.329. The molecule has 0 saturated carbocycles. The normalized spacial score (nSPS) is 12.1. The van der Waals surface area contributed by atoms with E-state index in [1.165, 1.54) is 6.26 Å². The van der Waals surface area contributed by atoms with Crippen molar-refractivity contribution >= 4 is 29.1 Å². The Morgan fingerprint density at radius 2 is 1.88 bits per heavy atom. The number of carbonyl (C=O) groups is 1. The van der Waals surface area contributed by atoms with Crippen LogP contribution in [0.5, 0.6) is 0 Å². The van der Waals surface area contributed by atoms with Crippen LogP contribution in [-0.4, -0.2) is 15.8 Å². The minimum absolute atomic E-state index is 0.0427. The number of hydrogen-bond acceptors (Lipinski definition) is 5. The number of furan rings is 1. The molecular weight excluding hydrogens is 461 g/mol. The molecule has 0 aliphatic rings. The molecule has 0 radical (unpaired) electrons. The molecule has 33 heavy (non-hydrogen) atoms. The van der Waals surface area contributed by atoms with Gasteiger partial charge in [-0.1, -0.05) is 59.6 Å². The highest BCUT2D eigenvalue weighted by Crippen LogP contribution is 2.28. The summed E-state index contributed by atoms with van der Waals surface area (Å²) >= 11 is 12.5. The van der Waals surface area contributed by atoms with Crippen molar-refractivity contribution in [3.8, 4) is 0 Å². The molecule has 0 bridgehead atoms. The molecule has 8 heteroatoms. The summed E-state index contributed by atoms with van der Waals surface area (Å²) in [5, 5.41) is 3.95. The van der Waals surface area contributed by atoms with Gasteiger partial charge in [0.15, 0.2) is 5.69 Å². The van der Waals surface area contributed by atoms with E-state index in [9.17, 15) is 4.79 Å². The van der Waals surface area contributed by atoms with Gasteiger partial charge >= 0.3 is 0 Å². The molecule has 2 aromatic carbocycles. The lowest BCUT2D eigenvalue weighted by atomic mass is 10.1. The largest absolute Gasteiger partial charge is 0.467 e. The molecule has 1 amide bonds. The second kappa shape index (κ2) is 10.7. The molecule has 4 rings (SSSR count). The van der Waals surface area contributed by atoms with Crippen LogP contribution in [0.1, 0.15) is 46.2 Å². The van der Waals surface area contributed by atoms with Crippen molar-refractivity contribution in [3.05, 3.63) is 112 Å². The smallest absolute Gasteiger partial charge is 0.273 e. The van der Waals surface area contributed by atoms with Crippen LogP contribution in [0.25, 0.3) is 0 Å². The topological polar surface area (TPSA) is 71.5 Å². The Kier molecular flexibility index (Phi) is 7.50. The van der Waals surface area contributed by atoms with Gasteiger partial charge in [0, 0.05) is 22.6 Å². The summed E-state index contributed by atoms with van der Waals surface area (Å²) in [5.74, 6) is 0.769. The molecule has 0 aliphatic heterocycles. The Morgan fingerprint density at radius 1 is 1.06 bits per heavy atom. The molecule has 0 spiro atoms. The first-order valence-electron chi connectivity index (χ1n) is 10.5. The maximum absolute atomic E-state index is 12.4. The highest BCUT2D eigenvalue weighted by atomic mass is 35.5. The third-order valence-electron chi connectivity index (χ3n) is 5.34. The fourth-order valence-corrected chi connectivity index (χ4v) is 3.94. The number of rotatable bonds is 9. The Labute approximate surface area is 202 Å². The van der Waals surface area contributed by atoms with E-state index in [1.807, 2.05) is 30.3 Å². The number of aromatic nitrogens is 1. The molecule has 0 unspecified atom stereocenters. The molecule has 1 atom stereocenters. The van der Waals surface area contributed by atoms with Crippen LogP contribution >= 0.6 is 23.2 Å². The molecular formula is C25H23Cl2N3O3. The maximum atomic E-state index is 12.4. The monoisotopic (exact) mass is 483 g/mol. The van der Waals surface area contributed by atoms with Gasteiger partial charge in [-0.15, -0.1) is 0 Å². The summed E-state index contributed by atoms with van der Waals surface area (Å²) < 4.78 is 10.9. The van der Waals surface area contributed by atoms with Crippen LogP contribution < -0.4 is 5.32 Å². The van der Waals surface area contributed by atoms with Crippen molar-refractivity contribution in [2.75, 3.05) is 0 Å². The quantitative estimate of drug-likeness (QED) is 0.303. The fraction of sp³-hybridized carbons (Fsp3) is 0.200. The van der Waals surface area contributed by atoms with E-state index in [2.05, 4.69) is 34.3 Å². The molecule has 0 saturated heterocycles. The van der Waals surface area contributed by atoms with Crippen molar-refractivity contribution in [2.45, 2.75) is 32.6 Å². The number of hydrogen-bond donors (Lipinski definition) is 1. The lowest BCUT2D eigenvalue weighted by Gasteiger charge is -2.28. The van der Waals surface area contributed by atoms with Crippen LogP contribution in [-0.2, 0) is 19.6 Å². The Hall–Kier alpha value is -3.06.